The normalized spacial score (nSPS) is 10.1. The monoisotopic (exact) mass is 376 g/mol. The Bertz CT molecular complexity index is 958. The number of anilines is 2. The third-order valence-corrected chi connectivity index (χ3v) is 3.93. The molecule has 0 bridgehead atoms. The number of carboxylic acids is 1. The van der Waals surface area contributed by atoms with Crippen molar-refractivity contribution in [3.05, 3.63) is 90.0 Å². The number of carbonyl (C=O) groups excluding carboxylic acids is 1. The van der Waals surface area contributed by atoms with E-state index < -0.39 is 5.97 Å². The molecular formula is C22H20N2O4. The number of benzene rings is 3. The molecule has 142 valence electrons. The molecule has 3 rings (SSSR count). The Morgan fingerprint density at radius 2 is 1.61 bits per heavy atom. The van der Waals surface area contributed by atoms with Crippen molar-refractivity contribution in [2.75, 3.05) is 17.2 Å². The summed E-state index contributed by atoms with van der Waals surface area (Å²) in [6.45, 7) is 0.406. The summed E-state index contributed by atoms with van der Waals surface area (Å²) in [5.74, 6) is -0.616. The highest BCUT2D eigenvalue weighted by Crippen LogP contribution is 2.16. The molecule has 3 aromatic rings. The van der Waals surface area contributed by atoms with Crippen molar-refractivity contribution in [1.29, 1.82) is 0 Å². The molecule has 0 aliphatic carbocycles. The topological polar surface area (TPSA) is 87.7 Å². The lowest BCUT2D eigenvalue weighted by molar-refractivity contribution is -0.118. The first-order valence-electron chi connectivity index (χ1n) is 8.74. The molecule has 0 spiro atoms. The van der Waals surface area contributed by atoms with E-state index in [1.807, 2.05) is 48.5 Å². The van der Waals surface area contributed by atoms with Gasteiger partial charge >= 0.3 is 5.97 Å². The largest absolute Gasteiger partial charge is 0.484 e. The maximum Gasteiger partial charge on any atom is 0.335 e. The quantitative estimate of drug-likeness (QED) is 0.553. The molecule has 0 unspecified atom stereocenters. The standard InChI is InChI=1S/C22H20N2O4/c25-21(24-18-8-2-1-3-9-18)15-28-20-11-4-6-16(12-20)14-23-19-10-5-7-17(13-19)22(26)27/h1-13,23H,14-15H2,(H,24,25)(H,26,27). The first kappa shape index (κ1) is 19.0. The van der Waals surface area contributed by atoms with E-state index in [1.54, 1.807) is 30.3 Å². The van der Waals surface area contributed by atoms with Crippen LogP contribution in [0.4, 0.5) is 11.4 Å². The highest BCUT2D eigenvalue weighted by molar-refractivity contribution is 5.91. The molecule has 0 heterocycles. The SMILES string of the molecule is O=C(COc1cccc(CNc2cccc(C(=O)O)c2)c1)Nc1ccccc1. The summed E-state index contributed by atoms with van der Waals surface area (Å²) in [6.07, 6.45) is 0. The number of carbonyl (C=O) groups is 2. The van der Waals surface area contributed by atoms with Gasteiger partial charge < -0.3 is 20.5 Å². The van der Waals surface area contributed by atoms with Gasteiger partial charge in [0.05, 0.1) is 5.56 Å². The summed E-state index contributed by atoms with van der Waals surface area (Å²) < 4.78 is 5.57. The molecule has 0 aromatic heterocycles. The Hall–Kier alpha value is -3.80. The first-order chi connectivity index (χ1) is 13.6. The Morgan fingerprint density at radius 1 is 0.857 bits per heavy atom. The van der Waals surface area contributed by atoms with Crippen molar-refractivity contribution in [3.8, 4) is 5.75 Å². The van der Waals surface area contributed by atoms with Gasteiger partial charge in [-0.1, -0.05) is 36.4 Å². The third-order valence-electron chi connectivity index (χ3n) is 3.93. The predicted molar refractivity (Wildman–Crippen MR) is 108 cm³/mol. The number of amides is 1. The van der Waals surface area contributed by atoms with Crippen LogP contribution in [0.2, 0.25) is 0 Å². The smallest absolute Gasteiger partial charge is 0.335 e. The van der Waals surface area contributed by atoms with Crippen molar-refractivity contribution in [2.24, 2.45) is 0 Å². The summed E-state index contributed by atoms with van der Waals surface area (Å²) in [6, 6.07) is 23.2. The maximum atomic E-state index is 12.0. The molecule has 0 aliphatic rings. The van der Waals surface area contributed by atoms with Crippen molar-refractivity contribution < 1.29 is 19.4 Å². The molecule has 0 radical (unpaired) electrons. The van der Waals surface area contributed by atoms with Crippen LogP contribution in [0, 0.1) is 0 Å². The van der Waals surface area contributed by atoms with Crippen LogP contribution in [0.25, 0.3) is 0 Å². The zero-order chi connectivity index (χ0) is 19.8. The van der Waals surface area contributed by atoms with Gasteiger partial charge in [-0.25, -0.2) is 4.79 Å². The van der Waals surface area contributed by atoms with E-state index in [4.69, 9.17) is 9.84 Å². The second kappa shape index (κ2) is 9.23. The summed E-state index contributed by atoms with van der Waals surface area (Å²) in [5, 5.41) is 15.0. The molecule has 3 aromatic carbocycles. The zero-order valence-electron chi connectivity index (χ0n) is 15.1. The first-order valence-corrected chi connectivity index (χ1v) is 8.74. The summed E-state index contributed by atoms with van der Waals surface area (Å²) in [5.41, 5.74) is 2.61. The molecule has 6 nitrogen and oxygen atoms in total. The van der Waals surface area contributed by atoms with Crippen LogP contribution in [0.5, 0.6) is 5.75 Å². The summed E-state index contributed by atoms with van der Waals surface area (Å²) in [4.78, 5) is 23.0. The fraction of sp³-hybridized carbons (Fsp3) is 0.0909. The van der Waals surface area contributed by atoms with E-state index >= 15 is 0 Å². The van der Waals surface area contributed by atoms with E-state index in [-0.39, 0.29) is 18.1 Å². The lowest BCUT2D eigenvalue weighted by atomic mass is 10.2. The van der Waals surface area contributed by atoms with Crippen LogP contribution in [0.3, 0.4) is 0 Å². The van der Waals surface area contributed by atoms with Gasteiger partial charge in [-0.15, -0.1) is 0 Å². The number of hydrogen-bond acceptors (Lipinski definition) is 4. The van der Waals surface area contributed by atoms with Gasteiger partial charge in [-0.2, -0.15) is 0 Å². The van der Waals surface area contributed by atoms with Crippen molar-refractivity contribution in [3.63, 3.8) is 0 Å². The Labute approximate surface area is 162 Å². The molecule has 1 amide bonds. The van der Waals surface area contributed by atoms with E-state index in [2.05, 4.69) is 10.6 Å². The van der Waals surface area contributed by atoms with Crippen molar-refractivity contribution in [2.45, 2.75) is 6.54 Å². The molecule has 0 atom stereocenters. The molecule has 0 saturated heterocycles. The van der Waals surface area contributed by atoms with Crippen molar-refractivity contribution in [1.82, 2.24) is 0 Å². The number of hydrogen-bond donors (Lipinski definition) is 3. The Kier molecular flexibility index (Phi) is 6.25. The minimum Gasteiger partial charge on any atom is -0.484 e. The Balaban J connectivity index is 1.53. The maximum absolute atomic E-state index is 12.0. The van der Waals surface area contributed by atoms with Gasteiger partial charge in [0, 0.05) is 17.9 Å². The number of ether oxygens (including phenoxy) is 1. The van der Waals surface area contributed by atoms with Gasteiger partial charge in [0.15, 0.2) is 6.61 Å². The minimum atomic E-state index is -0.965. The average molecular weight is 376 g/mol. The Morgan fingerprint density at radius 3 is 2.39 bits per heavy atom. The average Bonchev–Trinajstić information content (AvgIpc) is 2.72. The molecule has 3 N–H and O–H groups in total. The van der Waals surface area contributed by atoms with Gasteiger partial charge in [0.25, 0.3) is 5.91 Å². The second-order valence-electron chi connectivity index (χ2n) is 6.09. The summed E-state index contributed by atoms with van der Waals surface area (Å²) >= 11 is 0. The van der Waals surface area contributed by atoms with E-state index in [1.165, 1.54) is 0 Å². The summed E-state index contributed by atoms with van der Waals surface area (Å²) in [7, 11) is 0. The van der Waals surface area contributed by atoms with Crippen molar-refractivity contribution >= 4 is 23.3 Å². The highest BCUT2D eigenvalue weighted by Gasteiger charge is 2.05. The van der Waals surface area contributed by atoms with Crippen LogP contribution in [-0.2, 0) is 11.3 Å². The van der Waals surface area contributed by atoms with Gasteiger partial charge in [0.1, 0.15) is 5.75 Å². The highest BCUT2D eigenvalue weighted by atomic mass is 16.5. The number of rotatable bonds is 8. The minimum absolute atomic E-state index is 0.0908. The fourth-order valence-corrected chi connectivity index (χ4v) is 2.58. The molecule has 0 saturated carbocycles. The lowest BCUT2D eigenvalue weighted by Gasteiger charge is -2.10. The van der Waals surface area contributed by atoms with E-state index in [0.29, 0.717) is 18.0 Å². The van der Waals surface area contributed by atoms with Gasteiger partial charge in [-0.05, 0) is 48.0 Å². The molecule has 0 fully saturated rings. The molecule has 28 heavy (non-hydrogen) atoms. The van der Waals surface area contributed by atoms with Crippen LogP contribution >= 0.6 is 0 Å². The van der Waals surface area contributed by atoms with E-state index in [0.717, 1.165) is 11.3 Å². The number of nitrogens with one attached hydrogen (secondary N) is 2. The molecular weight excluding hydrogens is 356 g/mol. The van der Waals surface area contributed by atoms with E-state index in [9.17, 15) is 9.59 Å². The van der Waals surface area contributed by atoms with Gasteiger partial charge in [-0.3, -0.25) is 4.79 Å². The molecule has 6 heteroatoms. The molecule has 0 aliphatic heterocycles. The van der Waals surface area contributed by atoms with Crippen LogP contribution in [0.15, 0.2) is 78.9 Å². The number of para-hydroxylation sites is 1. The fourth-order valence-electron chi connectivity index (χ4n) is 2.58. The third kappa shape index (κ3) is 5.60. The number of carboxylic acid groups (broad SMARTS) is 1. The second-order valence-corrected chi connectivity index (χ2v) is 6.09. The predicted octanol–water partition coefficient (Wildman–Crippen LogP) is 4.01. The lowest BCUT2D eigenvalue weighted by Crippen LogP contribution is -2.20. The van der Waals surface area contributed by atoms with Crippen LogP contribution < -0.4 is 15.4 Å². The zero-order valence-corrected chi connectivity index (χ0v) is 15.1. The number of aromatic carboxylic acids is 1. The van der Waals surface area contributed by atoms with Crippen LogP contribution in [0.1, 0.15) is 15.9 Å². The van der Waals surface area contributed by atoms with Gasteiger partial charge in [0.2, 0.25) is 0 Å². The van der Waals surface area contributed by atoms with Crippen LogP contribution in [-0.4, -0.2) is 23.6 Å².